The lowest BCUT2D eigenvalue weighted by molar-refractivity contribution is 0.583. The Morgan fingerprint density at radius 1 is 1.15 bits per heavy atom. The molecule has 1 aromatic carbocycles. The molecule has 0 amide bonds. The quantitative estimate of drug-likeness (QED) is 0.700. The van der Waals surface area contributed by atoms with E-state index in [0.717, 1.165) is 24.5 Å². The van der Waals surface area contributed by atoms with Crippen molar-refractivity contribution in [3.05, 3.63) is 41.2 Å². The molecule has 2 N–H and O–H groups in total. The van der Waals surface area contributed by atoms with Crippen molar-refractivity contribution in [2.45, 2.75) is 24.7 Å². The Morgan fingerprint density at radius 3 is 2.65 bits per heavy atom. The summed E-state index contributed by atoms with van der Waals surface area (Å²) in [6.07, 6.45) is 3.88. The highest BCUT2D eigenvalue weighted by Gasteiger charge is 2.15. The number of nitrogens with one attached hydrogen (secondary N) is 2. The molecule has 1 aliphatic heterocycles. The molecule has 3 rings (SSSR count). The zero-order valence-corrected chi connectivity index (χ0v) is 16.1. The van der Waals surface area contributed by atoms with Crippen molar-refractivity contribution >= 4 is 33.3 Å². The molecule has 9 heteroatoms. The van der Waals surface area contributed by atoms with Crippen LogP contribution in [0, 0.1) is 6.92 Å². The second-order valence-electron chi connectivity index (χ2n) is 6.19. The molecule has 0 atom stereocenters. The van der Waals surface area contributed by atoms with E-state index in [2.05, 4.69) is 24.9 Å². The van der Waals surface area contributed by atoms with Crippen LogP contribution in [-0.2, 0) is 10.0 Å². The minimum absolute atomic E-state index is 0.159. The van der Waals surface area contributed by atoms with Crippen LogP contribution in [0.15, 0.2) is 35.5 Å². The molecular weight excluding hydrogens is 374 g/mol. The van der Waals surface area contributed by atoms with Crippen molar-refractivity contribution in [3.63, 3.8) is 0 Å². The van der Waals surface area contributed by atoms with Gasteiger partial charge in [-0.05, 0) is 37.5 Å². The van der Waals surface area contributed by atoms with Gasteiger partial charge in [0.1, 0.15) is 18.0 Å². The lowest BCUT2D eigenvalue weighted by Gasteiger charge is -2.16. The molecule has 0 spiro atoms. The molecule has 1 aromatic heterocycles. The van der Waals surface area contributed by atoms with E-state index in [1.54, 1.807) is 12.1 Å². The molecule has 26 heavy (non-hydrogen) atoms. The lowest BCUT2D eigenvalue weighted by Crippen LogP contribution is -2.29. The van der Waals surface area contributed by atoms with Gasteiger partial charge < -0.3 is 10.2 Å². The van der Waals surface area contributed by atoms with Crippen LogP contribution in [0.2, 0.25) is 5.02 Å². The fourth-order valence-electron chi connectivity index (χ4n) is 2.76. The summed E-state index contributed by atoms with van der Waals surface area (Å²) in [5.41, 5.74) is 0.838. The topological polar surface area (TPSA) is 87.2 Å². The van der Waals surface area contributed by atoms with Crippen molar-refractivity contribution in [2.24, 2.45) is 0 Å². The predicted molar refractivity (Wildman–Crippen MR) is 103 cm³/mol. The van der Waals surface area contributed by atoms with Gasteiger partial charge in [0, 0.05) is 37.3 Å². The highest BCUT2D eigenvalue weighted by atomic mass is 35.5. The second-order valence-corrected chi connectivity index (χ2v) is 8.37. The normalized spacial score (nSPS) is 14.6. The lowest BCUT2D eigenvalue weighted by atomic mass is 10.2. The average Bonchev–Trinajstić information content (AvgIpc) is 3.16. The van der Waals surface area contributed by atoms with Gasteiger partial charge in [-0.15, -0.1) is 0 Å². The molecule has 0 bridgehead atoms. The highest BCUT2D eigenvalue weighted by molar-refractivity contribution is 7.89. The summed E-state index contributed by atoms with van der Waals surface area (Å²) in [6, 6.07) is 6.58. The summed E-state index contributed by atoms with van der Waals surface area (Å²) in [5, 5.41) is 3.55. The molecule has 0 aliphatic carbocycles. The second kappa shape index (κ2) is 8.20. The number of halogens is 1. The average molecular weight is 396 g/mol. The predicted octanol–water partition coefficient (Wildman–Crippen LogP) is 2.43. The number of aryl methyl sites for hydroxylation is 1. The molecule has 0 saturated carbocycles. The molecule has 2 aromatic rings. The summed E-state index contributed by atoms with van der Waals surface area (Å²) in [6.45, 7) is 4.49. The number of nitrogens with zero attached hydrogens (tertiary/aromatic N) is 3. The monoisotopic (exact) mass is 395 g/mol. The van der Waals surface area contributed by atoms with Crippen LogP contribution in [0.4, 0.5) is 11.6 Å². The van der Waals surface area contributed by atoms with Crippen LogP contribution in [0.1, 0.15) is 18.4 Å². The minimum Gasteiger partial charge on any atom is -0.369 e. The summed E-state index contributed by atoms with van der Waals surface area (Å²) in [4.78, 5) is 10.9. The van der Waals surface area contributed by atoms with Crippen LogP contribution < -0.4 is 14.9 Å². The van der Waals surface area contributed by atoms with E-state index in [9.17, 15) is 8.42 Å². The van der Waals surface area contributed by atoms with Crippen molar-refractivity contribution < 1.29 is 8.42 Å². The van der Waals surface area contributed by atoms with E-state index in [-0.39, 0.29) is 11.4 Å². The van der Waals surface area contributed by atoms with Crippen LogP contribution >= 0.6 is 11.6 Å². The Kier molecular flexibility index (Phi) is 5.95. The van der Waals surface area contributed by atoms with Crippen LogP contribution in [0.5, 0.6) is 0 Å². The highest BCUT2D eigenvalue weighted by Crippen LogP contribution is 2.20. The first-order valence-electron chi connectivity index (χ1n) is 8.52. The van der Waals surface area contributed by atoms with Gasteiger partial charge in [-0.25, -0.2) is 23.1 Å². The largest absolute Gasteiger partial charge is 0.369 e. The van der Waals surface area contributed by atoms with Gasteiger partial charge in [0.25, 0.3) is 0 Å². The van der Waals surface area contributed by atoms with Gasteiger partial charge in [0.05, 0.1) is 4.90 Å². The maximum absolute atomic E-state index is 12.3. The zero-order chi connectivity index (χ0) is 18.6. The number of rotatable bonds is 7. The SMILES string of the molecule is Cc1ccc(S(=O)(=O)NCCNc2cc(N3CCCC3)ncn2)cc1Cl. The van der Waals surface area contributed by atoms with E-state index in [1.165, 1.54) is 25.2 Å². The Morgan fingerprint density at radius 2 is 1.92 bits per heavy atom. The van der Waals surface area contributed by atoms with Crippen molar-refractivity contribution in [1.82, 2.24) is 14.7 Å². The number of sulfonamides is 1. The van der Waals surface area contributed by atoms with Gasteiger partial charge in [-0.1, -0.05) is 17.7 Å². The van der Waals surface area contributed by atoms with E-state index < -0.39 is 10.0 Å². The molecule has 0 unspecified atom stereocenters. The summed E-state index contributed by atoms with van der Waals surface area (Å²) in [7, 11) is -3.59. The molecule has 1 aliphatic rings. The number of anilines is 2. The van der Waals surface area contributed by atoms with Gasteiger partial charge in [0.2, 0.25) is 10.0 Å². The van der Waals surface area contributed by atoms with E-state index in [0.29, 0.717) is 17.4 Å². The van der Waals surface area contributed by atoms with Crippen molar-refractivity contribution in [3.8, 4) is 0 Å². The van der Waals surface area contributed by atoms with Gasteiger partial charge >= 0.3 is 0 Å². The number of aromatic nitrogens is 2. The van der Waals surface area contributed by atoms with Crippen LogP contribution in [0.3, 0.4) is 0 Å². The molecular formula is C17H22ClN5O2S. The maximum atomic E-state index is 12.3. The van der Waals surface area contributed by atoms with Gasteiger partial charge in [-0.2, -0.15) is 0 Å². The summed E-state index contributed by atoms with van der Waals surface area (Å²) >= 11 is 6.01. The first kappa shape index (κ1) is 18.9. The smallest absolute Gasteiger partial charge is 0.240 e. The van der Waals surface area contributed by atoms with Crippen LogP contribution in [0.25, 0.3) is 0 Å². The Hall–Kier alpha value is -1.90. The first-order valence-corrected chi connectivity index (χ1v) is 10.4. The summed E-state index contributed by atoms with van der Waals surface area (Å²) < 4.78 is 27.2. The van der Waals surface area contributed by atoms with E-state index in [1.807, 2.05) is 13.0 Å². The summed E-state index contributed by atoms with van der Waals surface area (Å²) in [5.74, 6) is 1.58. The number of benzene rings is 1. The molecule has 0 radical (unpaired) electrons. The number of hydrogen-bond donors (Lipinski definition) is 2. The Balaban J connectivity index is 1.53. The Bertz CT molecular complexity index is 869. The maximum Gasteiger partial charge on any atom is 0.240 e. The first-order chi connectivity index (χ1) is 12.5. The Labute approximate surface area is 158 Å². The zero-order valence-electron chi connectivity index (χ0n) is 14.6. The van der Waals surface area contributed by atoms with E-state index >= 15 is 0 Å². The molecule has 1 saturated heterocycles. The fourth-order valence-corrected chi connectivity index (χ4v) is 4.07. The molecule has 7 nitrogen and oxygen atoms in total. The minimum atomic E-state index is -3.59. The van der Waals surface area contributed by atoms with Gasteiger partial charge in [0.15, 0.2) is 0 Å². The molecule has 140 valence electrons. The molecule has 2 heterocycles. The molecule has 1 fully saturated rings. The standard InChI is InChI=1S/C17H22ClN5O2S/c1-13-4-5-14(10-15(13)18)26(24,25)22-7-6-19-16-11-17(21-12-20-16)23-8-2-3-9-23/h4-5,10-12,22H,2-3,6-9H2,1H3,(H,19,20,21). The van der Waals surface area contributed by atoms with Gasteiger partial charge in [-0.3, -0.25) is 0 Å². The van der Waals surface area contributed by atoms with Crippen LogP contribution in [-0.4, -0.2) is 44.6 Å². The van der Waals surface area contributed by atoms with Crippen molar-refractivity contribution in [1.29, 1.82) is 0 Å². The third kappa shape index (κ3) is 4.63. The fraction of sp³-hybridized carbons (Fsp3) is 0.412. The third-order valence-electron chi connectivity index (χ3n) is 4.26. The van der Waals surface area contributed by atoms with E-state index in [4.69, 9.17) is 11.6 Å². The third-order valence-corrected chi connectivity index (χ3v) is 6.13. The number of hydrogen-bond acceptors (Lipinski definition) is 6. The van der Waals surface area contributed by atoms with Crippen molar-refractivity contribution in [2.75, 3.05) is 36.4 Å².